The molecule has 0 atom stereocenters. The largest absolute Gasteiger partial charge is 0.497 e. The average molecular weight is 255 g/mol. The van der Waals surface area contributed by atoms with Crippen molar-refractivity contribution in [1.29, 1.82) is 0 Å². The zero-order valence-corrected chi connectivity index (χ0v) is 11.1. The predicted octanol–water partition coefficient (Wildman–Crippen LogP) is 1.90. The van der Waals surface area contributed by atoms with E-state index in [0.29, 0.717) is 6.61 Å². The lowest BCUT2D eigenvalue weighted by Crippen LogP contribution is -2.16. The summed E-state index contributed by atoms with van der Waals surface area (Å²) in [7, 11) is 1.68. The van der Waals surface area contributed by atoms with Crippen LogP contribution in [0, 0.1) is 0 Å². The lowest BCUT2D eigenvalue weighted by atomic mass is 10.2. The van der Waals surface area contributed by atoms with Gasteiger partial charge >= 0.3 is 0 Å². The Morgan fingerprint density at radius 2 is 2.00 bits per heavy atom. The molecular formula is C13H21NO2S. The molecule has 3 nitrogen and oxygen atoms in total. The van der Waals surface area contributed by atoms with E-state index in [1.54, 1.807) is 7.11 Å². The Morgan fingerprint density at radius 1 is 1.24 bits per heavy atom. The summed E-state index contributed by atoms with van der Waals surface area (Å²) in [6, 6.07) is 8.11. The van der Waals surface area contributed by atoms with E-state index in [1.165, 1.54) is 5.56 Å². The van der Waals surface area contributed by atoms with Crippen molar-refractivity contribution in [2.45, 2.75) is 13.0 Å². The predicted molar refractivity (Wildman–Crippen MR) is 73.7 cm³/mol. The van der Waals surface area contributed by atoms with Gasteiger partial charge in [-0.25, -0.2) is 0 Å². The van der Waals surface area contributed by atoms with E-state index in [1.807, 2.05) is 23.9 Å². The summed E-state index contributed by atoms with van der Waals surface area (Å²) in [5.74, 6) is 3.03. The van der Waals surface area contributed by atoms with Gasteiger partial charge in [-0.05, 0) is 29.9 Å². The third-order valence-corrected chi connectivity index (χ3v) is 3.43. The second-order valence-corrected chi connectivity index (χ2v) is 4.94. The Labute approximate surface area is 108 Å². The molecule has 0 amide bonds. The van der Waals surface area contributed by atoms with Crippen LogP contribution in [-0.2, 0) is 6.54 Å². The van der Waals surface area contributed by atoms with Gasteiger partial charge in [-0.1, -0.05) is 12.1 Å². The number of thioether (sulfide) groups is 1. The first kappa shape index (κ1) is 14.4. The minimum absolute atomic E-state index is 0.298. The minimum Gasteiger partial charge on any atom is -0.497 e. The molecule has 0 saturated heterocycles. The van der Waals surface area contributed by atoms with Crippen LogP contribution < -0.4 is 10.1 Å². The summed E-state index contributed by atoms with van der Waals surface area (Å²) in [4.78, 5) is 0. The normalized spacial score (nSPS) is 10.5. The standard InChI is InChI=1S/C13H21NO2S/c1-16-13-5-3-12(4-6-13)11-14-7-10-17-9-2-8-15/h3-6,14-15H,2,7-11H2,1H3. The fraction of sp³-hybridized carbons (Fsp3) is 0.538. The minimum atomic E-state index is 0.298. The Bertz CT molecular complexity index is 290. The molecule has 1 aromatic rings. The van der Waals surface area contributed by atoms with Crippen molar-refractivity contribution in [3.05, 3.63) is 29.8 Å². The number of ether oxygens (including phenoxy) is 1. The highest BCUT2D eigenvalue weighted by molar-refractivity contribution is 7.99. The summed E-state index contributed by atoms with van der Waals surface area (Å²) in [6.45, 7) is 2.19. The van der Waals surface area contributed by atoms with E-state index in [0.717, 1.165) is 36.8 Å². The quantitative estimate of drug-likeness (QED) is 0.661. The van der Waals surface area contributed by atoms with Crippen LogP contribution in [-0.4, -0.2) is 36.9 Å². The van der Waals surface area contributed by atoms with Gasteiger partial charge in [0.2, 0.25) is 0 Å². The maximum atomic E-state index is 8.62. The first-order valence-corrected chi connectivity index (χ1v) is 7.04. The number of aliphatic hydroxyl groups excluding tert-OH is 1. The molecule has 1 rings (SSSR count). The van der Waals surface area contributed by atoms with Gasteiger partial charge in [0.05, 0.1) is 7.11 Å². The molecule has 0 bridgehead atoms. The van der Waals surface area contributed by atoms with Gasteiger partial charge in [-0.2, -0.15) is 11.8 Å². The zero-order chi connectivity index (χ0) is 12.3. The first-order valence-electron chi connectivity index (χ1n) is 5.89. The van der Waals surface area contributed by atoms with Crippen LogP contribution >= 0.6 is 11.8 Å². The van der Waals surface area contributed by atoms with Gasteiger partial charge < -0.3 is 15.2 Å². The summed E-state index contributed by atoms with van der Waals surface area (Å²) in [6.07, 6.45) is 0.892. The van der Waals surface area contributed by atoms with Crippen molar-refractivity contribution >= 4 is 11.8 Å². The maximum Gasteiger partial charge on any atom is 0.118 e. The molecule has 0 saturated carbocycles. The van der Waals surface area contributed by atoms with E-state index < -0.39 is 0 Å². The summed E-state index contributed by atoms with van der Waals surface area (Å²) >= 11 is 1.88. The van der Waals surface area contributed by atoms with Crippen molar-refractivity contribution in [2.75, 3.05) is 31.8 Å². The number of hydrogen-bond donors (Lipinski definition) is 2. The van der Waals surface area contributed by atoms with Gasteiger partial charge in [-0.15, -0.1) is 0 Å². The number of benzene rings is 1. The van der Waals surface area contributed by atoms with Crippen LogP contribution in [0.25, 0.3) is 0 Å². The number of hydrogen-bond acceptors (Lipinski definition) is 4. The number of rotatable bonds is 9. The topological polar surface area (TPSA) is 41.5 Å². The number of nitrogens with one attached hydrogen (secondary N) is 1. The number of methoxy groups -OCH3 is 1. The molecule has 17 heavy (non-hydrogen) atoms. The van der Waals surface area contributed by atoms with Gasteiger partial charge in [0.25, 0.3) is 0 Å². The molecule has 0 aliphatic rings. The van der Waals surface area contributed by atoms with Crippen LogP contribution in [0.4, 0.5) is 0 Å². The molecule has 0 spiro atoms. The molecular weight excluding hydrogens is 234 g/mol. The Kier molecular flexibility index (Phi) is 7.88. The molecule has 96 valence electrons. The summed E-state index contributed by atoms with van der Waals surface area (Å²) < 4.78 is 5.11. The van der Waals surface area contributed by atoms with Crippen molar-refractivity contribution < 1.29 is 9.84 Å². The van der Waals surface area contributed by atoms with Gasteiger partial charge in [-0.3, -0.25) is 0 Å². The lowest BCUT2D eigenvalue weighted by Gasteiger charge is -2.05. The van der Waals surface area contributed by atoms with Gasteiger partial charge in [0.1, 0.15) is 5.75 Å². The SMILES string of the molecule is COc1ccc(CNCCSCCCO)cc1. The van der Waals surface area contributed by atoms with Crippen LogP contribution in [0.5, 0.6) is 5.75 Å². The van der Waals surface area contributed by atoms with Crippen molar-refractivity contribution in [1.82, 2.24) is 5.32 Å². The molecule has 0 radical (unpaired) electrons. The molecule has 1 aromatic carbocycles. The highest BCUT2D eigenvalue weighted by Crippen LogP contribution is 2.10. The fourth-order valence-electron chi connectivity index (χ4n) is 1.39. The third kappa shape index (κ3) is 6.56. The van der Waals surface area contributed by atoms with Crippen molar-refractivity contribution in [3.63, 3.8) is 0 Å². The van der Waals surface area contributed by atoms with Gasteiger partial charge in [0, 0.05) is 25.4 Å². The van der Waals surface area contributed by atoms with Crippen LogP contribution in [0.3, 0.4) is 0 Å². The maximum absolute atomic E-state index is 8.62. The van der Waals surface area contributed by atoms with E-state index in [2.05, 4.69) is 17.4 Å². The third-order valence-electron chi connectivity index (χ3n) is 2.36. The Hall–Kier alpha value is -0.710. The molecule has 4 heteroatoms. The molecule has 0 aromatic heterocycles. The fourth-order valence-corrected chi connectivity index (χ4v) is 2.22. The van der Waals surface area contributed by atoms with E-state index >= 15 is 0 Å². The van der Waals surface area contributed by atoms with Crippen LogP contribution in [0.1, 0.15) is 12.0 Å². The first-order chi connectivity index (χ1) is 8.36. The van der Waals surface area contributed by atoms with Gasteiger partial charge in [0.15, 0.2) is 0 Å². The van der Waals surface area contributed by atoms with E-state index in [-0.39, 0.29) is 0 Å². The van der Waals surface area contributed by atoms with Crippen LogP contribution in [0.15, 0.2) is 24.3 Å². The number of aliphatic hydroxyl groups is 1. The average Bonchev–Trinajstić information content (AvgIpc) is 2.38. The molecule has 0 fully saturated rings. The monoisotopic (exact) mass is 255 g/mol. The lowest BCUT2D eigenvalue weighted by molar-refractivity contribution is 0.296. The molecule has 0 unspecified atom stereocenters. The molecule has 0 aliphatic carbocycles. The summed E-state index contributed by atoms with van der Waals surface area (Å²) in [5, 5.41) is 12.0. The Balaban J connectivity index is 2.05. The highest BCUT2D eigenvalue weighted by atomic mass is 32.2. The second kappa shape index (κ2) is 9.33. The summed E-state index contributed by atoms with van der Waals surface area (Å²) in [5.41, 5.74) is 1.27. The smallest absolute Gasteiger partial charge is 0.118 e. The van der Waals surface area contributed by atoms with E-state index in [9.17, 15) is 0 Å². The second-order valence-electron chi connectivity index (χ2n) is 3.71. The van der Waals surface area contributed by atoms with Crippen molar-refractivity contribution in [2.24, 2.45) is 0 Å². The van der Waals surface area contributed by atoms with Crippen molar-refractivity contribution in [3.8, 4) is 5.75 Å². The molecule has 2 N–H and O–H groups in total. The molecule has 0 aliphatic heterocycles. The van der Waals surface area contributed by atoms with E-state index in [4.69, 9.17) is 9.84 Å². The molecule has 0 heterocycles. The Morgan fingerprint density at radius 3 is 2.65 bits per heavy atom. The zero-order valence-electron chi connectivity index (χ0n) is 10.3. The van der Waals surface area contributed by atoms with Crippen LogP contribution in [0.2, 0.25) is 0 Å². The highest BCUT2D eigenvalue weighted by Gasteiger charge is 1.94.